The number of non-ortho nitro benzene ring substituents is 1. The van der Waals surface area contributed by atoms with E-state index in [0.717, 1.165) is 18.7 Å². The topological polar surface area (TPSA) is 81.2 Å². The molecule has 0 aliphatic rings. The molecule has 5 nitrogen and oxygen atoms in total. The van der Waals surface area contributed by atoms with Gasteiger partial charge in [0, 0.05) is 31.8 Å². The van der Waals surface area contributed by atoms with Crippen LogP contribution in [0.15, 0.2) is 30.3 Å². The number of hydrogen-bond donors (Lipinski definition) is 2. The summed E-state index contributed by atoms with van der Waals surface area (Å²) >= 11 is 0. The Kier molecular flexibility index (Phi) is 5.18. The molecule has 1 aromatic carbocycles. The Morgan fingerprint density at radius 3 is 2.62 bits per heavy atom. The van der Waals surface area contributed by atoms with Crippen LogP contribution in [0.3, 0.4) is 0 Å². The Morgan fingerprint density at radius 1 is 1.38 bits per heavy atom. The number of nitrogens with zero attached hydrogens (tertiary/aromatic N) is 1. The van der Waals surface area contributed by atoms with Crippen molar-refractivity contribution in [2.24, 2.45) is 5.73 Å². The van der Waals surface area contributed by atoms with Gasteiger partial charge in [0.25, 0.3) is 5.69 Å². The standard InChI is InChI=1S/C11H15N3O2/c12-7-9-13-8-1-2-10-3-5-11(6-4-10)14(15)16/h1-6,13H,7-9,12H2. The van der Waals surface area contributed by atoms with E-state index < -0.39 is 4.92 Å². The highest BCUT2D eigenvalue weighted by Gasteiger charge is 2.01. The van der Waals surface area contributed by atoms with E-state index in [1.54, 1.807) is 12.1 Å². The molecule has 0 amide bonds. The molecule has 0 saturated carbocycles. The van der Waals surface area contributed by atoms with Crippen molar-refractivity contribution in [2.45, 2.75) is 0 Å². The summed E-state index contributed by atoms with van der Waals surface area (Å²) in [5.41, 5.74) is 6.37. The fourth-order valence-electron chi connectivity index (χ4n) is 1.19. The molecule has 0 fully saturated rings. The molecular formula is C11H15N3O2. The highest BCUT2D eigenvalue weighted by Crippen LogP contribution is 2.12. The molecule has 16 heavy (non-hydrogen) atoms. The second-order valence-electron chi connectivity index (χ2n) is 3.24. The molecule has 0 bridgehead atoms. The van der Waals surface area contributed by atoms with Crippen molar-refractivity contribution in [1.29, 1.82) is 0 Å². The van der Waals surface area contributed by atoms with Crippen LogP contribution in [0.1, 0.15) is 5.56 Å². The average Bonchev–Trinajstić information content (AvgIpc) is 2.29. The fraction of sp³-hybridized carbons (Fsp3) is 0.273. The molecule has 0 heterocycles. The maximum atomic E-state index is 10.4. The van der Waals surface area contributed by atoms with Crippen LogP contribution < -0.4 is 11.1 Å². The lowest BCUT2D eigenvalue weighted by atomic mass is 10.2. The summed E-state index contributed by atoms with van der Waals surface area (Å²) in [4.78, 5) is 10.0. The van der Waals surface area contributed by atoms with E-state index in [2.05, 4.69) is 5.32 Å². The first-order chi connectivity index (χ1) is 7.74. The molecule has 0 atom stereocenters. The van der Waals surface area contributed by atoms with Gasteiger partial charge in [-0.15, -0.1) is 0 Å². The first-order valence-electron chi connectivity index (χ1n) is 5.06. The first kappa shape index (κ1) is 12.4. The Balaban J connectivity index is 2.45. The number of rotatable bonds is 6. The lowest BCUT2D eigenvalue weighted by molar-refractivity contribution is -0.384. The van der Waals surface area contributed by atoms with E-state index in [9.17, 15) is 10.1 Å². The zero-order chi connectivity index (χ0) is 11.8. The molecule has 0 saturated heterocycles. The van der Waals surface area contributed by atoms with Crippen LogP contribution in [0, 0.1) is 10.1 Å². The molecule has 5 heteroatoms. The van der Waals surface area contributed by atoms with Gasteiger partial charge in [0.2, 0.25) is 0 Å². The van der Waals surface area contributed by atoms with Crippen molar-refractivity contribution in [1.82, 2.24) is 5.32 Å². The molecule has 0 aliphatic carbocycles. The molecule has 0 aromatic heterocycles. The highest BCUT2D eigenvalue weighted by atomic mass is 16.6. The van der Waals surface area contributed by atoms with Crippen molar-refractivity contribution >= 4 is 11.8 Å². The van der Waals surface area contributed by atoms with Gasteiger partial charge in [-0.3, -0.25) is 10.1 Å². The normalized spacial score (nSPS) is 10.8. The molecule has 1 aromatic rings. The summed E-state index contributed by atoms with van der Waals surface area (Å²) in [6.07, 6.45) is 3.87. The van der Waals surface area contributed by atoms with Crippen molar-refractivity contribution in [2.75, 3.05) is 19.6 Å². The largest absolute Gasteiger partial charge is 0.329 e. The van der Waals surface area contributed by atoms with Crippen LogP contribution in [-0.2, 0) is 0 Å². The molecule has 86 valence electrons. The van der Waals surface area contributed by atoms with Crippen molar-refractivity contribution in [3.05, 3.63) is 46.0 Å². The zero-order valence-corrected chi connectivity index (χ0v) is 8.93. The number of nitrogens with two attached hydrogens (primary N) is 1. The first-order valence-corrected chi connectivity index (χ1v) is 5.06. The van der Waals surface area contributed by atoms with Gasteiger partial charge in [0.15, 0.2) is 0 Å². The summed E-state index contributed by atoms with van der Waals surface area (Å²) in [5.74, 6) is 0. The molecule has 0 unspecified atom stereocenters. The molecule has 1 rings (SSSR count). The van der Waals surface area contributed by atoms with E-state index in [1.807, 2.05) is 12.2 Å². The van der Waals surface area contributed by atoms with E-state index in [1.165, 1.54) is 12.1 Å². The van der Waals surface area contributed by atoms with Crippen LogP contribution in [0.25, 0.3) is 6.08 Å². The molecular weight excluding hydrogens is 206 g/mol. The quantitative estimate of drug-likeness (QED) is 0.429. The monoisotopic (exact) mass is 221 g/mol. The third-order valence-electron chi connectivity index (χ3n) is 2.00. The third kappa shape index (κ3) is 4.20. The lowest BCUT2D eigenvalue weighted by Crippen LogP contribution is -2.22. The van der Waals surface area contributed by atoms with Gasteiger partial charge in [0.05, 0.1) is 4.92 Å². The van der Waals surface area contributed by atoms with E-state index in [4.69, 9.17) is 5.73 Å². The van der Waals surface area contributed by atoms with Gasteiger partial charge in [-0.2, -0.15) is 0 Å². The predicted molar refractivity (Wildman–Crippen MR) is 64.1 cm³/mol. The van der Waals surface area contributed by atoms with Gasteiger partial charge in [-0.25, -0.2) is 0 Å². The number of benzene rings is 1. The molecule has 0 aliphatic heterocycles. The Morgan fingerprint density at radius 2 is 2.06 bits per heavy atom. The van der Waals surface area contributed by atoms with E-state index >= 15 is 0 Å². The van der Waals surface area contributed by atoms with Crippen LogP contribution in [0.2, 0.25) is 0 Å². The van der Waals surface area contributed by atoms with Gasteiger partial charge in [-0.1, -0.05) is 12.2 Å². The van der Waals surface area contributed by atoms with E-state index in [0.29, 0.717) is 6.54 Å². The number of nitro benzene ring substituents is 1. The summed E-state index contributed by atoms with van der Waals surface area (Å²) in [5, 5.41) is 13.5. The average molecular weight is 221 g/mol. The lowest BCUT2D eigenvalue weighted by Gasteiger charge is -1.97. The maximum Gasteiger partial charge on any atom is 0.269 e. The Labute approximate surface area is 94.1 Å². The summed E-state index contributed by atoms with van der Waals surface area (Å²) in [7, 11) is 0. The van der Waals surface area contributed by atoms with Gasteiger partial charge >= 0.3 is 0 Å². The van der Waals surface area contributed by atoms with Crippen molar-refractivity contribution in [3.8, 4) is 0 Å². The summed E-state index contributed by atoms with van der Waals surface area (Å²) in [6.45, 7) is 2.14. The van der Waals surface area contributed by atoms with Crippen LogP contribution >= 0.6 is 0 Å². The number of nitro groups is 1. The Bertz CT molecular complexity index is 360. The molecule has 0 radical (unpaired) electrons. The highest BCUT2D eigenvalue weighted by molar-refractivity contribution is 5.51. The molecule has 0 spiro atoms. The van der Waals surface area contributed by atoms with Crippen molar-refractivity contribution < 1.29 is 4.92 Å². The summed E-state index contributed by atoms with van der Waals surface area (Å²) in [6, 6.07) is 6.43. The van der Waals surface area contributed by atoms with E-state index in [-0.39, 0.29) is 5.69 Å². The number of nitrogens with one attached hydrogen (secondary N) is 1. The second-order valence-corrected chi connectivity index (χ2v) is 3.24. The minimum absolute atomic E-state index is 0.110. The van der Waals surface area contributed by atoms with Gasteiger partial charge in [0.1, 0.15) is 0 Å². The number of hydrogen-bond acceptors (Lipinski definition) is 4. The Hall–Kier alpha value is -1.72. The minimum Gasteiger partial charge on any atom is -0.329 e. The SMILES string of the molecule is NCCNCC=Cc1ccc([N+](=O)[O-])cc1. The third-order valence-corrected chi connectivity index (χ3v) is 2.00. The zero-order valence-electron chi connectivity index (χ0n) is 8.93. The van der Waals surface area contributed by atoms with Crippen LogP contribution in [-0.4, -0.2) is 24.6 Å². The smallest absolute Gasteiger partial charge is 0.269 e. The summed E-state index contributed by atoms with van der Waals surface area (Å²) < 4.78 is 0. The van der Waals surface area contributed by atoms with Gasteiger partial charge < -0.3 is 11.1 Å². The van der Waals surface area contributed by atoms with Crippen molar-refractivity contribution in [3.63, 3.8) is 0 Å². The second kappa shape index (κ2) is 6.71. The fourth-order valence-corrected chi connectivity index (χ4v) is 1.19. The predicted octanol–water partition coefficient (Wildman–Crippen LogP) is 1.16. The van der Waals surface area contributed by atoms with Crippen LogP contribution in [0.5, 0.6) is 0 Å². The van der Waals surface area contributed by atoms with Gasteiger partial charge in [-0.05, 0) is 17.7 Å². The van der Waals surface area contributed by atoms with Crippen LogP contribution in [0.4, 0.5) is 5.69 Å². The molecule has 3 N–H and O–H groups in total. The minimum atomic E-state index is -0.406. The maximum absolute atomic E-state index is 10.4.